The number of thiophene rings is 1. The molecule has 1 aromatic heterocycles. The Balaban J connectivity index is 1.84. The van der Waals surface area contributed by atoms with Gasteiger partial charge in [0.05, 0.1) is 0 Å². The van der Waals surface area contributed by atoms with Crippen LogP contribution in [0.1, 0.15) is 15.9 Å². The molecule has 130 valence electrons. The molecule has 0 saturated carbocycles. The number of nitrogens with one attached hydrogen (secondary N) is 1. The van der Waals surface area contributed by atoms with Crippen molar-refractivity contribution in [3.05, 3.63) is 81.7 Å². The van der Waals surface area contributed by atoms with Crippen molar-refractivity contribution in [2.45, 2.75) is 0 Å². The molecule has 3 aromatic rings. The highest BCUT2D eigenvalue weighted by Gasteiger charge is 2.20. The lowest BCUT2D eigenvalue weighted by Crippen LogP contribution is -2.10. The summed E-state index contributed by atoms with van der Waals surface area (Å²) in [5, 5.41) is 14.3. The molecule has 0 aliphatic rings. The van der Waals surface area contributed by atoms with Gasteiger partial charge in [-0.05, 0) is 29.3 Å². The van der Waals surface area contributed by atoms with Gasteiger partial charge in [0, 0.05) is 21.5 Å². The Hall–Kier alpha value is -2.70. The van der Waals surface area contributed by atoms with Crippen molar-refractivity contribution < 1.29 is 14.7 Å². The summed E-state index contributed by atoms with van der Waals surface area (Å²) < 4.78 is 0.910. The van der Waals surface area contributed by atoms with E-state index in [0.29, 0.717) is 10.6 Å². The molecule has 2 aromatic carbocycles. The Morgan fingerprint density at radius 2 is 1.73 bits per heavy atom. The van der Waals surface area contributed by atoms with E-state index in [1.807, 2.05) is 54.6 Å². The van der Waals surface area contributed by atoms with Crippen LogP contribution in [0.15, 0.2) is 70.5 Å². The van der Waals surface area contributed by atoms with Crippen molar-refractivity contribution in [3.63, 3.8) is 0 Å². The third-order valence-corrected chi connectivity index (χ3v) is 5.05. The van der Waals surface area contributed by atoms with Gasteiger partial charge in [-0.3, -0.25) is 4.79 Å². The van der Waals surface area contributed by atoms with E-state index < -0.39 is 5.97 Å². The van der Waals surface area contributed by atoms with E-state index in [2.05, 4.69) is 21.2 Å². The van der Waals surface area contributed by atoms with Crippen LogP contribution in [0.4, 0.5) is 5.00 Å². The fraction of sp³-hybridized carbons (Fsp3) is 0. The number of rotatable bonds is 5. The second-order valence-electron chi connectivity index (χ2n) is 5.40. The minimum atomic E-state index is -1.08. The first-order valence-corrected chi connectivity index (χ1v) is 9.36. The van der Waals surface area contributed by atoms with Gasteiger partial charge in [-0.2, -0.15) is 0 Å². The summed E-state index contributed by atoms with van der Waals surface area (Å²) in [6.45, 7) is 0. The molecule has 0 fully saturated rings. The van der Waals surface area contributed by atoms with Gasteiger partial charge in [0.2, 0.25) is 5.91 Å². The summed E-state index contributed by atoms with van der Waals surface area (Å²) in [6, 6.07) is 16.8. The third-order valence-electron chi connectivity index (χ3n) is 3.62. The Morgan fingerprint density at radius 3 is 2.38 bits per heavy atom. The van der Waals surface area contributed by atoms with E-state index in [0.717, 1.165) is 15.6 Å². The zero-order valence-electron chi connectivity index (χ0n) is 13.5. The van der Waals surface area contributed by atoms with Crippen LogP contribution in [0.3, 0.4) is 0 Å². The van der Waals surface area contributed by atoms with Gasteiger partial charge in [0.15, 0.2) is 0 Å². The van der Waals surface area contributed by atoms with Crippen molar-refractivity contribution in [2.24, 2.45) is 0 Å². The molecule has 0 unspecified atom stereocenters. The second kappa shape index (κ2) is 8.12. The van der Waals surface area contributed by atoms with Crippen LogP contribution in [-0.4, -0.2) is 17.0 Å². The average Bonchev–Trinajstić information content (AvgIpc) is 3.05. The van der Waals surface area contributed by atoms with Gasteiger partial charge in [-0.1, -0.05) is 58.4 Å². The van der Waals surface area contributed by atoms with Crippen LogP contribution in [0.2, 0.25) is 0 Å². The Bertz CT molecular complexity index is 962. The van der Waals surface area contributed by atoms with E-state index in [-0.39, 0.29) is 11.5 Å². The Kier molecular flexibility index (Phi) is 5.65. The van der Waals surface area contributed by atoms with Crippen molar-refractivity contribution in [1.29, 1.82) is 0 Å². The third kappa shape index (κ3) is 4.28. The van der Waals surface area contributed by atoms with Crippen LogP contribution in [0, 0.1) is 0 Å². The molecule has 1 heterocycles. The van der Waals surface area contributed by atoms with E-state index >= 15 is 0 Å². The molecule has 3 rings (SSSR count). The molecular formula is C20H14BrNO3S. The molecule has 4 nitrogen and oxygen atoms in total. The van der Waals surface area contributed by atoms with Crippen LogP contribution in [0.25, 0.3) is 17.2 Å². The lowest BCUT2D eigenvalue weighted by Gasteiger charge is -2.04. The monoisotopic (exact) mass is 427 g/mol. The summed E-state index contributed by atoms with van der Waals surface area (Å²) in [6.07, 6.45) is 3.07. The van der Waals surface area contributed by atoms with Crippen LogP contribution >= 0.6 is 27.3 Å². The highest BCUT2D eigenvalue weighted by Crippen LogP contribution is 2.36. The quantitative estimate of drug-likeness (QED) is 0.526. The summed E-state index contributed by atoms with van der Waals surface area (Å²) in [5.74, 6) is -1.45. The van der Waals surface area contributed by atoms with Crippen molar-refractivity contribution in [2.75, 3.05) is 5.32 Å². The first-order chi connectivity index (χ1) is 12.5. The molecule has 0 aliphatic carbocycles. The summed E-state index contributed by atoms with van der Waals surface area (Å²) in [4.78, 5) is 23.9. The maximum absolute atomic E-state index is 12.2. The van der Waals surface area contributed by atoms with Crippen molar-refractivity contribution >= 4 is 50.2 Å². The standard InChI is InChI=1S/C20H14BrNO3S/c21-15-9-7-14(8-10-15)16-12-26-19(18(16)20(24)25)22-17(23)11-6-13-4-2-1-3-5-13/h1-12H,(H,22,23)(H,24,25). The number of benzene rings is 2. The molecule has 0 spiro atoms. The van der Waals surface area contributed by atoms with Gasteiger partial charge in [0.25, 0.3) is 0 Å². The number of carboxylic acids is 1. The first kappa shape index (κ1) is 18.1. The highest BCUT2D eigenvalue weighted by atomic mass is 79.9. The lowest BCUT2D eigenvalue weighted by atomic mass is 10.0. The predicted molar refractivity (Wildman–Crippen MR) is 109 cm³/mol. The average molecular weight is 428 g/mol. The van der Waals surface area contributed by atoms with E-state index in [1.54, 1.807) is 11.5 Å². The molecule has 0 bridgehead atoms. The topological polar surface area (TPSA) is 66.4 Å². The molecular weight excluding hydrogens is 414 g/mol. The lowest BCUT2D eigenvalue weighted by molar-refractivity contribution is -0.111. The summed E-state index contributed by atoms with van der Waals surface area (Å²) in [7, 11) is 0. The molecule has 2 N–H and O–H groups in total. The predicted octanol–water partition coefficient (Wildman–Crippen LogP) is 5.53. The number of carbonyl (C=O) groups is 2. The zero-order chi connectivity index (χ0) is 18.5. The fourth-order valence-electron chi connectivity index (χ4n) is 2.39. The number of carboxylic acid groups (broad SMARTS) is 1. The number of amides is 1. The smallest absolute Gasteiger partial charge is 0.339 e. The van der Waals surface area contributed by atoms with Crippen LogP contribution in [0.5, 0.6) is 0 Å². The fourth-order valence-corrected chi connectivity index (χ4v) is 3.62. The maximum Gasteiger partial charge on any atom is 0.339 e. The molecule has 6 heteroatoms. The number of hydrogen-bond donors (Lipinski definition) is 2. The van der Waals surface area contributed by atoms with Gasteiger partial charge >= 0.3 is 5.97 Å². The van der Waals surface area contributed by atoms with Crippen molar-refractivity contribution in [1.82, 2.24) is 0 Å². The minimum Gasteiger partial charge on any atom is -0.478 e. The highest BCUT2D eigenvalue weighted by molar-refractivity contribution is 9.10. The number of halogens is 1. The number of hydrogen-bond acceptors (Lipinski definition) is 3. The van der Waals surface area contributed by atoms with Gasteiger partial charge in [0.1, 0.15) is 10.6 Å². The normalized spacial score (nSPS) is 10.8. The van der Waals surface area contributed by atoms with Crippen LogP contribution < -0.4 is 5.32 Å². The molecule has 1 amide bonds. The minimum absolute atomic E-state index is 0.0961. The molecule has 0 radical (unpaired) electrons. The first-order valence-electron chi connectivity index (χ1n) is 7.69. The SMILES string of the molecule is O=C(C=Cc1ccccc1)Nc1scc(-c2ccc(Br)cc2)c1C(=O)O. The molecule has 0 atom stereocenters. The van der Waals surface area contributed by atoms with E-state index in [4.69, 9.17) is 0 Å². The van der Waals surface area contributed by atoms with Gasteiger partial charge < -0.3 is 10.4 Å². The Morgan fingerprint density at radius 1 is 1.04 bits per heavy atom. The molecule has 26 heavy (non-hydrogen) atoms. The number of carbonyl (C=O) groups excluding carboxylic acids is 1. The maximum atomic E-state index is 12.2. The Labute approximate surface area is 162 Å². The van der Waals surface area contributed by atoms with Crippen molar-refractivity contribution in [3.8, 4) is 11.1 Å². The van der Waals surface area contributed by atoms with Gasteiger partial charge in [-0.15, -0.1) is 11.3 Å². The van der Waals surface area contributed by atoms with E-state index in [9.17, 15) is 14.7 Å². The summed E-state index contributed by atoms with van der Waals surface area (Å²) >= 11 is 4.56. The van der Waals surface area contributed by atoms with Gasteiger partial charge in [-0.25, -0.2) is 4.79 Å². The zero-order valence-corrected chi connectivity index (χ0v) is 15.9. The van der Waals surface area contributed by atoms with E-state index in [1.165, 1.54) is 17.4 Å². The summed E-state index contributed by atoms with van der Waals surface area (Å²) in [5.41, 5.74) is 2.35. The van der Waals surface area contributed by atoms with Crippen LogP contribution in [-0.2, 0) is 4.79 Å². The molecule has 0 saturated heterocycles. The number of anilines is 1. The largest absolute Gasteiger partial charge is 0.478 e. The second-order valence-corrected chi connectivity index (χ2v) is 7.19. The number of aromatic carboxylic acids is 1. The molecule has 0 aliphatic heterocycles.